The van der Waals surface area contributed by atoms with Crippen molar-refractivity contribution in [3.8, 4) is 0 Å². The predicted molar refractivity (Wildman–Crippen MR) is 56.7 cm³/mol. The molecule has 12 heavy (non-hydrogen) atoms. The van der Waals surface area contributed by atoms with E-state index in [1.807, 2.05) is 11.8 Å². The van der Waals surface area contributed by atoms with Crippen molar-refractivity contribution in [3.05, 3.63) is 0 Å². The maximum atomic E-state index is 10.0. The summed E-state index contributed by atoms with van der Waals surface area (Å²) in [6.07, 6.45) is 6.73. The first-order valence-electron chi connectivity index (χ1n) is 4.86. The lowest BCUT2D eigenvalue weighted by molar-refractivity contribution is -0.107. The molecule has 0 bridgehead atoms. The molecule has 0 radical (unpaired) electrons. The van der Waals surface area contributed by atoms with Gasteiger partial charge < -0.3 is 4.79 Å². The van der Waals surface area contributed by atoms with Crippen LogP contribution in [-0.2, 0) is 4.79 Å². The normalized spacial score (nSPS) is 12.8. The van der Waals surface area contributed by atoms with Crippen LogP contribution in [0.5, 0.6) is 0 Å². The Morgan fingerprint density at radius 2 is 2.17 bits per heavy atom. The first kappa shape index (κ1) is 12.0. The number of carbonyl (C=O) groups is 1. The molecule has 0 aliphatic rings. The molecule has 0 aliphatic heterocycles. The van der Waals surface area contributed by atoms with Crippen LogP contribution in [0.2, 0.25) is 0 Å². The first-order chi connectivity index (χ1) is 5.81. The fourth-order valence-electron chi connectivity index (χ4n) is 1.03. The largest absolute Gasteiger partial charge is 0.303 e. The Hall–Kier alpha value is 0.0200. The molecule has 0 spiro atoms. The van der Waals surface area contributed by atoms with Crippen molar-refractivity contribution >= 4 is 18.0 Å². The molecule has 0 aliphatic carbocycles. The second-order valence-electron chi connectivity index (χ2n) is 3.13. The molecular weight excluding hydrogens is 168 g/mol. The highest BCUT2D eigenvalue weighted by Crippen LogP contribution is 2.17. The van der Waals surface area contributed by atoms with E-state index in [1.165, 1.54) is 19.3 Å². The summed E-state index contributed by atoms with van der Waals surface area (Å²) in [5.74, 6) is 1.14. The summed E-state index contributed by atoms with van der Waals surface area (Å²) in [5, 5.41) is 0.775. The van der Waals surface area contributed by atoms with Crippen molar-refractivity contribution in [2.45, 2.75) is 51.2 Å². The third-order valence-electron chi connectivity index (χ3n) is 1.83. The van der Waals surface area contributed by atoms with Gasteiger partial charge in [0.15, 0.2) is 0 Å². The van der Waals surface area contributed by atoms with E-state index in [2.05, 4.69) is 13.8 Å². The molecule has 0 N–H and O–H groups in total. The van der Waals surface area contributed by atoms with Crippen LogP contribution in [0.1, 0.15) is 46.0 Å². The number of unbranched alkanes of at least 4 members (excludes halogenated alkanes) is 2. The summed E-state index contributed by atoms with van der Waals surface area (Å²) in [5.41, 5.74) is 0. The lowest BCUT2D eigenvalue weighted by Crippen LogP contribution is -1.97. The minimum absolute atomic E-state index is 0.730. The van der Waals surface area contributed by atoms with Gasteiger partial charge in [-0.15, -0.1) is 0 Å². The monoisotopic (exact) mass is 188 g/mol. The van der Waals surface area contributed by atoms with Crippen LogP contribution < -0.4 is 0 Å². The summed E-state index contributed by atoms with van der Waals surface area (Å²) in [7, 11) is 0. The quantitative estimate of drug-likeness (QED) is 0.429. The molecule has 1 atom stereocenters. The van der Waals surface area contributed by atoms with E-state index < -0.39 is 0 Å². The number of aldehydes is 1. The van der Waals surface area contributed by atoms with Crippen LogP contribution in [0, 0.1) is 0 Å². The number of thioether (sulfide) groups is 1. The SMILES string of the molecule is CCCCC(C)SCCCC=O. The highest BCUT2D eigenvalue weighted by molar-refractivity contribution is 7.99. The number of rotatable bonds is 8. The fourth-order valence-corrected chi connectivity index (χ4v) is 2.10. The van der Waals surface area contributed by atoms with Gasteiger partial charge in [0.05, 0.1) is 0 Å². The number of hydrogen-bond donors (Lipinski definition) is 0. The van der Waals surface area contributed by atoms with Crippen molar-refractivity contribution in [3.63, 3.8) is 0 Å². The van der Waals surface area contributed by atoms with Crippen LogP contribution >= 0.6 is 11.8 Å². The zero-order valence-corrected chi connectivity index (χ0v) is 9.03. The number of hydrogen-bond acceptors (Lipinski definition) is 2. The van der Waals surface area contributed by atoms with Gasteiger partial charge in [-0.25, -0.2) is 0 Å². The van der Waals surface area contributed by atoms with E-state index in [9.17, 15) is 4.79 Å². The van der Waals surface area contributed by atoms with Crippen LogP contribution in [0.15, 0.2) is 0 Å². The highest BCUT2D eigenvalue weighted by atomic mass is 32.2. The Labute approximate surface area is 80.3 Å². The van der Waals surface area contributed by atoms with E-state index in [1.54, 1.807) is 0 Å². The zero-order valence-electron chi connectivity index (χ0n) is 8.21. The molecule has 0 amide bonds. The van der Waals surface area contributed by atoms with Gasteiger partial charge in [-0.05, 0) is 18.6 Å². The molecule has 1 unspecified atom stereocenters. The molecule has 0 rings (SSSR count). The molecular formula is C10H20OS. The minimum atomic E-state index is 0.730. The Balaban J connectivity index is 3.07. The second-order valence-corrected chi connectivity index (χ2v) is 4.68. The van der Waals surface area contributed by atoms with Crippen molar-refractivity contribution in [1.82, 2.24) is 0 Å². The fraction of sp³-hybridized carbons (Fsp3) is 0.900. The molecule has 0 heterocycles. The Morgan fingerprint density at radius 1 is 1.42 bits per heavy atom. The lowest BCUT2D eigenvalue weighted by atomic mass is 10.2. The van der Waals surface area contributed by atoms with Gasteiger partial charge >= 0.3 is 0 Å². The highest BCUT2D eigenvalue weighted by Gasteiger charge is 2.00. The van der Waals surface area contributed by atoms with Crippen molar-refractivity contribution in [2.24, 2.45) is 0 Å². The van der Waals surface area contributed by atoms with E-state index in [0.29, 0.717) is 0 Å². The Morgan fingerprint density at radius 3 is 2.75 bits per heavy atom. The first-order valence-corrected chi connectivity index (χ1v) is 5.91. The van der Waals surface area contributed by atoms with Gasteiger partial charge in [-0.2, -0.15) is 11.8 Å². The van der Waals surface area contributed by atoms with Gasteiger partial charge in [0, 0.05) is 11.7 Å². The van der Waals surface area contributed by atoms with E-state index in [0.717, 1.165) is 30.1 Å². The smallest absolute Gasteiger partial charge is 0.120 e. The molecule has 1 nitrogen and oxygen atoms in total. The summed E-state index contributed by atoms with van der Waals surface area (Å²) in [6, 6.07) is 0. The van der Waals surface area contributed by atoms with Crippen molar-refractivity contribution in [2.75, 3.05) is 5.75 Å². The second kappa shape index (κ2) is 9.11. The number of carbonyl (C=O) groups excluding carboxylic acids is 1. The van der Waals surface area contributed by atoms with Gasteiger partial charge in [0.25, 0.3) is 0 Å². The van der Waals surface area contributed by atoms with Gasteiger partial charge in [0.1, 0.15) is 6.29 Å². The topological polar surface area (TPSA) is 17.1 Å². The third-order valence-corrected chi connectivity index (χ3v) is 3.16. The zero-order chi connectivity index (χ0) is 9.23. The summed E-state index contributed by atoms with van der Waals surface area (Å²) >= 11 is 2.00. The minimum Gasteiger partial charge on any atom is -0.303 e. The van der Waals surface area contributed by atoms with Crippen LogP contribution in [0.25, 0.3) is 0 Å². The molecule has 0 aromatic rings. The van der Waals surface area contributed by atoms with Crippen LogP contribution in [0.3, 0.4) is 0 Å². The van der Waals surface area contributed by atoms with E-state index in [4.69, 9.17) is 0 Å². The molecule has 2 heteroatoms. The Kier molecular flexibility index (Phi) is 9.13. The van der Waals surface area contributed by atoms with Crippen molar-refractivity contribution < 1.29 is 4.79 Å². The average Bonchev–Trinajstić information content (AvgIpc) is 2.09. The summed E-state index contributed by atoms with van der Waals surface area (Å²) < 4.78 is 0. The summed E-state index contributed by atoms with van der Waals surface area (Å²) in [4.78, 5) is 10.0. The maximum Gasteiger partial charge on any atom is 0.120 e. The molecule has 0 aromatic heterocycles. The van der Waals surface area contributed by atoms with Gasteiger partial charge in [-0.1, -0.05) is 26.7 Å². The van der Waals surface area contributed by atoms with E-state index >= 15 is 0 Å². The van der Waals surface area contributed by atoms with Gasteiger partial charge in [-0.3, -0.25) is 0 Å². The molecule has 72 valence electrons. The van der Waals surface area contributed by atoms with E-state index in [-0.39, 0.29) is 0 Å². The molecule has 0 aromatic carbocycles. The predicted octanol–water partition coefficient (Wildman–Crippen LogP) is 3.28. The van der Waals surface area contributed by atoms with Gasteiger partial charge in [0.2, 0.25) is 0 Å². The van der Waals surface area contributed by atoms with Crippen LogP contribution in [-0.4, -0.2) is 17.3 Å². The average molecular weight is 188 g/mol. The van der Waals surface area contributed by atoms with Crippen molar-refractivity contribution in [1.29, 1.82) is 0 Å². The standard InChI is InChI=1S/C10H20OS/c1-3-4-7-10(2)12-9-6-5-8-11/h8,10H,3-7,9H2,1-2H3. The molecule has 0 saturated heterocycles. The molecule has 0 saturated carbocycles. The molecule has 0 fully saturated rings. The lowest BCUT2D eigenvalue weighted by Gasteiger charge is -2.08. The maximum absolute atomic E-state index is 10.0. The van der Waals surface area contributed by atoms with Crippen LogP contribution in [0.4, 0.5) is 0 Å². The third kappa shape index (κ3) is 8.12. The Bertz CT molecular complexity index is 104. The summed E-state index contributed by atoms with van der Waals surface area (Å²) in [6.45, 7) is 4.50.